The Morgan fingerprint density at radius 1 is 1.33 bits per heavy atom. The lowest BCUT2D eigenvalue weighted by atomic mass is 10.1. The number of amides is 1. The molecule has 2 aromatic rings. The summed E-state index contributed by atoms with van der Waals surface area (Å²) in [4.78, 5) is 28.6. The molecule has 0 saturated carbocycles. The number of pyridine rings is 1. The topological polar surface area (TPSA) is 73.4 Å². The number of nitrogens with one attached hydrogen (secondary N) is 1. The van der Waals surface area contributed by atoms with Crippen LogP contribution in [-0.2, 0) is 0 Å². The molecule has 2 N–H and O–H groups in total. The second kappa shape index (κ2) is 3.96. The number of aliphatic hydroxyl groups excluding tert-OH is 1. The Bertz CT molecular complexity index is 671. The van der Waals surface area contributed by atoms with Gasteiger partial charge in [0, 0.05) is 30.2 Å². The van der Waals surface area contributed by atoms with Gasteiger partial charge < -0.3 is 15.0 Å². The minimum absolute atomic E-state index is 0.126. The normalized spacial score (nSPS) is 15.7. The standard InChI is InChI=1S/C13H12N2O3/c16-8-6-15(7-8)13(18)10-5-14-11-4-2-1-3-9(11)12(10)17/h1-5,8,16H,6-7H2,(H,14,17). The van der Waals surface area contributed by atoms with Crippen LogP contribution in [0.2, 0.25) is 0 Å². The molecule has 1 fully saturated rings. The maximum atomic E-state index is 12.2. The number of para-hydroxylation sites is 1. The van der Waals surface area contributed by atoms with Crippen LogP contribution in [0.4, 0.5) is 0 Å². The molecule has 3 rings (SSSR count). The fraction of sp³-hybridized carbons (Fsp3) is 0.231. The van der Waals surface area contributed by atoms with Crippen molar-refractivity contribution in [2.75, 3.05) is 13.1 Å². The first-order chi connectivity index (χ1) is 8.66. The Hall–Kier alpha value is -2.14. The van der Waals surface area contributed by atoms with Gasteiger partial charge in [-0.05, 0) is 12.1 Å². The average molecular weight is 244 g/mol. The highest BCUT2D eigenvalue weighted by molar-refractivity contribution is 5.97. The molecule has 1 aliphatic heterocycles. The lowest BCUT2D eigenvalue weighted by molar-refractivity contribution is 0.00579. The summed E-state index contributed by atoms with van der Waals surface area (Å²) in [5, 5.41) is 9.68. The molecule has 1 aromatic heterocycles. The predicted octanol–water partition coefficient (Wildman–Crippen LogP) is 0.345. The fourth-order valence-corrected chi connectivity index (χ4v) is 2.12. The van der Waals surface area contributed by atoms with Crippen LogP contribution in [0.3, 0.4) is 0 Å². The van der Waals surface area contributed by atoms with Gasteiger partial charge in [-0.15, -0.1) is 0 Å². The SMILES string of the molecule is O=C(c1c[nH]c2ccccc2c1=O)N1CC(O)C1. The van der Waals surface area contributed by atoms with Gasteiger partial charge >= 0.3 is 0 Å². The number of fused-ring (bicyclic) bond motifs is 1. The molecule has 0 atom stereocenters. The van der Waals surface area contributed by atoms with Gasteiger partial charge in [-0.3, -0.25) is 9.59 Å². The van der Waals surface area contributed by atoms with E-state index in [1.807, 2.05) is 6.07 Å². The molecular weight excluding hydrogens is 232 g/mol. The number of benzene rings is 1. The van der Waals surface area contributed by atoms with E-state index < -0.39 is 6.10 Å². The summed E-state index contributed by atoms with van der Waals surface area (Å²) in [6, 6.07) is 7.07. The van der Waals surface area contributed by atoms with Gasteiger partial charge in [0.15, 0.2) is 0 Å². The number of hydrogen-bond donors (Lipinski definition) is 2. The van der Waals surface area contributed by atoms with Crippen molar-refractivity contribution < 1.29 is 9.90 Å². The summed E-state index contributed by atoms with van der Waals surface area (Å²) in [6.07, 6.45) is 0.978. The number of carbonyl (C=O) groups excluding carboxylic acids is 1. The van der Waals surface area contributed by atoms with E-state index in [1.54, 1.807) is 18.2 Å². The van der Waals surface area contributed by atoms with Crippen molar-refractivity contribution >= 4 is 16.8 Å². The summed E-state index contributed by atoms with van der Waals surface area (Å²) in [6.45, 7) is 0.593. The van der Waals surface area contributed by atoms with Crippen molar-refractivity contribution in [3.05, 3.63) is 46.2 Å². The zero-order valence-corrected chi connectivity index (χ0v) is 9.59. The van der Waals surface area contributed by atoms with Gasteiger partial charge in [0.1, 0.15) is 5.56 Å². The number of rotatable bonds is 1. The molecular formula is C13H12N2O3. The Morgan fingerprint density at radius 2 is 2.06 bits per heavy atom. The van der Waals surface area contributed by atoms with E-state index in [-0.39, 0.29) is 16.9 Å². The maximum Gasteiger partial charge on any atom is 0.259 e. The average Bonchev–Trinajstić information content (AvgIpc) is 2.35. The summed E-state index contributed by atoms with van der Waals surface area (Å²) in [5.41, 5.74) is 0.569. The van der Waals surface area contributed by atoms with Crippen molar-refractivity contribution in [2.24, 2.45) is 0 Å². The molecule has 0 aliphatic carbocycles. The summed E-state index contributed by atoms with van der Waals surface area (Å²) < 4.78 is 0. The first-order valence-corrected chi connectivity index (χ1v) is 5.74. The van der Waals surface area contributed by atoms with Crippen molar-refractivity contribution in [3.8, 4) is 0 Å². The minimum Gasteiger partial charge on any atom is -0.389 e. The number of nitrogens with zero attached hydrogens (tertiary/aromatic N) is 1. The number of β-amino-alcohol motifs (C(OH)–C–C–N with tert-alkyl or cyclic N) is 1. The molecule has 1 aliphatic rings. The first-order valence-electron chi connectivity index (χ1n) is 5.74. The molecule has 5 nitrogen and oxygen atoms in total. The number of aromatic nitrogens is 1. The van der Waals surface area contributed by atoms with Crippen LogP contribution in [0.25, 0.3) is 10.9 Å². The maximum absolute atomic E-state index is 12.2. The van der Waals surface area contributed by atoms with Gasteiger partial charge in [0.25, 0.3) is 5.91 Å². The van der Waals surface area contributed by atoms with E-state index in [4.69, 9.17) is 0 Å². The van der Waals surface area contributed by atoms with E-state index in [0.29, 0.717) is 24.0 Å². The number of likely N-dealkylation sites (tertiary alicyclic amines) is 1. The molecule has 0 radical (unpaired) electrons. The van der Waals surface area contributed by atoms with Crippen molar-refractivity contribution in [1.82, 2.24) is 9.88 Å². The lowest BCUT2D eigenvalue weighted by Crippen LogP contribution is -2.54. The van der Waals surface area contributed by atoms with Crippen molar-refractivity contribution in [2.45, 2.75) is 6.10 Å². The lowest BCUT2D eigenvalue weighted by Gasteiger charge is -2.35. The van der Waals surface area contributed by atoms with Gasteiger partial charge in [-0.2, -0.15) is 0 Å². The number of aliphatic hydroxyl groups is 1. The van der Waals surface area contributed by atoms with E-state index in [1.165, 1.54) is 11.1 Å². The molecule has 18 heavy (non-hydrogen) atoms. The predicted molar refractivity (Wildman–Crippen MR) is 66.5 cm³/mol. The Kier molecular flexibility index (Phi) is 2.41. The van der Waals surface area contributed by atoms with Gasteiger partial charge in [-0.1, -0.05) is 12.1 Å². The molecule has 1 amide bonds. The molecule has 5 heteroatoms. The highest BCUT2D eigenvalue weighted by Crippen LogP contribution is 2.13. The van der Waals surface area contributed by atoms with E-state index in [9.17, 15) is 14.7 Å². The van der Waals surface area contributed by atoms with Gasteiger partial charge in [-0.25, -0.2) is 0 Å². The molecule has 0 spiro atoms. The monoisotopic (exact) mass is 244 g/mol. The van der Waals surface area contributed by atoms with E-state index in [0.717, 1.165) is 0 Å². The van der Waals surface area contributed by atoms with Crippen LogP contribution in [0.5, 0.6) is 0 Å². The van der Waals surface area contributed by atoms with Crippen molar-refractivity contribution in [1.29, 1.82) is 0 Å². The minimum atomic E-state index is -0.464. The molecule has 92 valence electrons. The Morgan fingerprint density at radius 3 is 2.78 bits per heavy atom. The third kappa shape index (κ3) is 1.60. The molecule has 1 aromatic carbocycles. The van der Waals surface area contributed by atoms with E-state index >= 15 is 0 Å². The van der Waals surface area contributed by atoms with Crippen LogP contribution in [0.1, 0.15) is 10.4 Å². The number of aromatic amines is 1. The second-order valence-corrected chi connectivity index (χ2v) is 4.44. The zero-order chi connectivity index (χ0) is 12.7. The summed E-state index contributed by atoms with van der Waals surface area (Å²) in [7, 11) is 0. The summed E-state index contributed by atoms with van der Waals surface area (Å²) >= 11 is 0. The first kappa shape index (κ1) is 11.0. The van der Waals surface area contributed by atoms with Crippen LogP contribution >= 0.6 is 0 Å². The summed E-state index contributed by atoms with van der Waals surface area (Å²) in [5.74, 6) is -0.327. The number of carbonyl (C=O) groups is 1. The highest BCUT2D eigenvalue weighted by Gasteiger charge is 2.30. The molecule has 0 unspecified atom stereocenters. The third-order valence-corrected chi connectivity index (χ3v) is 3.17. The van der Waals surface area contributed by atoms with Gasteiger partial charge in [0.05, 0.1) is 6.10 Å². The Balaban J connectivity index is 2.05. The zero-order valence-electron chi connectivity index (χ0n) is 9.59. The third-order valence-electron chi connectivity index (χ3n) is 3.17. The van der Waals surface area contributed by atoms with Crippen molar-refractivity contribution in [3.63, 3.8) is 0 Å². The molecule has 2 heterocycles. The quantitative estimate of drug-likeness (QED) is 0.760. The van der Waals surface area contributed by atoms with Gasteiger partial charge in [0.2, 0.25) is 5.43 Å². The van der Waals surface area contributed by atoms with Crippen LogP contribution in [0, 0.1) is 0 Å². The molecule has 1 saturated heterocycles. The largest absolute Gasteiger partial charge is 0.389 e. The van der Waals surface area contributed by atoms with E-state index in [2.05, 4.69) is 4.98 Å². The fourth-order valence-electron chi connectivity index (χ4n) is 2.12. The van der Waals surface area contributed by atoms with Crippen LogP contribution in [-0.4, -0.2) is 40.1 Å². The smallest absolute Gasteiger partial charge is 0.259 e. The van der Waals surface area contributed by atoms with Crippen LogP contribution in [0.15, 0.2) is 35.3 Å². The number of H-pyrrole nitrogens is 1. The Labute approximate surface area is 103 Å². The van der Waals surface area contributed by atoms with Crippen LogP contribution < -0.4 is 5.43 Å². The number of hydrogen-bond acceptors (Lipinski definition) is 3. The second-order valence-electron chi connectivity index (χ2n) is 4.44. The highest BCUT2D eigenvalue weighted by atomic mass is 16.3. The molecule has 0 bridgehead atoms.